The van der Waals surface area contributed by atoms with Gasteiger partial charge in [-0.25, -0.2) is 0 Å². The maximum Gasteiger partial charge on any atom is 0.256 e. The van der Waals surface area contributed by atoms with Crippen LogP contribution in [0.15, 0.2) is 60.9 Å². The summed E-state index contributed by atoms with van der Waals surface area (Å²) in [4.78, 5) is 29.1. The van der Waals surface area contributed by atoms with Gasteiger partial charge < -0.3 is 15.6 Å². The molecule has 2 aromatic carbocycles. The molecule has 0 unspecified atom stereocenters. The number of benzene rings is 2. The minimum Gasteiger partial charge on any atom is -0.358 e. The van der Waals surface area contributed by atoms with E-state index in [9.17, 15) is 9.59 Å². The topological polar surface area (TPSA) is 105 Å². The van der Waals surface area contributed by atoms with Crippen LogP contribution in [0.4, 0.5) is 5.69 Å². The lowest BCUT2D eigenvalue weighted by Gasteiger charge is -2.09. The van der Waals surface area contributed by atoms with Crippen LogP contribution in [0.1, 0.15) is 27.3 Å². The van der Waals surface area contributed by atoms with E-state index in [0.29, 0.717) is 34.9 Å². The number of hydrogen-bond acceptors (Lipinski definition) is 4. The molecule has 0 aliphatic carbocycles. The summed E-state index contributed by atoms with van der Waals surface area (Å²) in [5.74, 6) is -0.465. The lowest BCUT2D eigenvalue weighted by atomic mass is 9.94. The van der Waals surface area contributed by atoms with Gasteiger partial charge in [0.05, 0.1) is 29.6 Å². The van der Waals surface area contributed by atoms with Crippen LogP contribution in [-0.2, 0) is 11.3 Å². The van der Waals surface area contributed by atoms with Crippen molar-refractivity contribution in [1.82, 2.24) is 25.3 Å². The average Bonchev–Trinajstić information content (AvgIpc) is 3.53. The van der Waals surface area contributed by atoms with E-state index in [0.717, 1.165) is 28.1 Å². The van der Waals surface area contributed by atoms with E-state index < -0.39 is 0 Å². The van der Waals surface area contributed by atoms with Gasteiger partial charge in [-0.3, -0.25) is 14.3 Å². The number of carbonyl (C=O) groups excluding carboxylic acids is 2. The number of H-pyrrole nitrogens is 1. The second-order valence-corrected chi connectivity index (χ2v) is 8.39. The summed E-state index contributed by atoms with van der Waals surface area (Å²) >= 11 is 6.22. The smallest absolute Gasteiger partial charge is 0.256 e. The lowest BCUT2D eigenvalue weighted by molar-refractivity contribution is -0.110. The first-order valence-corrected chi connectivity index (χ1v) is 11.1. The van der Waals surface area contributed by atoms with E-state index in [2.05, 4.69) is 25.9 Å². The SMILES string of the molecule is Cc1cc(C(=O)NCCn2ccnn2)c(C=C2C(=O)Nc3cccc(-c4cccc(Cl)c4)c32)[nH]1. The molecule has 0 fully saturated rings. The second kappa shape index (κ2) is 8.99. The van der Waals surface area contributed by atoms with Crippen molar-refractivity contribution < 1.29 is 9.59 Å². The van der Waals surface area contributed by atoms with Gasteiger partial charge in [-0.1, -0.05) is 41.1 Å². The number of aryl methyl sites for hydroxylation is 1. The van der Waals surface area contributed by atoms with Gasteiger partial charge in [-0.15, -0.1) is 5.10 Å². The first kappa shape index (κ1) is 21.7. The number of fused-ring (bicyclic) bond motifs is 1. The highest BCUT2D eigenvalue weighted by Gasteiger charge is 2.28. The third-order valence-corrected chi connectivity index (χ3v) is 5.81. The minimum atomic E-state index is -0.238. The molecule has 3 heterocycles. The van der Waals surface area contributed by atoms with E-state index >= 15 is 0 Å². The zero-order chi connectivity index (χ0) is 23.7. The van der Waals surface area contributed by atoms with Crippen LogP contribution in [0.25, 0.3) is 22.8 Å². The van der Waals surface area contributed by atoms with Gasteiger partial charge in [0.2, 0.25) is 0 Å². The largest absolute Gasteiger partial charge is 0.358 e. The predicted octanol–water partition coefficient (Wildman–Crippen LogP) is 4.16. The Morgan fingerprint density at radius 2 is 2.06 bits per heavy atom. The molecule has 1 aliphatic heterocycles. The van der Waals surface area contributed by atoms with E-state index in [-0.39, 0.29) is 11.8 Å². The molecule has 1 aliphatic rings. The molecule has 2 amide bonds. The number of aromatic nitrogens is 4. The van der Waals surface area contributed by atoms with Crippen LogP contribution in [0.3, 0.4) is 0 Å². The van der Waals surface area contributed by atoms with Crippen LogP contribution in [0.5, 0.6) is 0 Å². The third-order valence-electron chi connectivity index (χ3n) is 5.58. The van der Waals surface area contributed by atoms with Gasteiger partial charge in [0, 0.05) is 34.7 Å². The first-order chi connectivity index (χ1) is 16.5. The Bertz CT molecular complexity index is 1420. The Labute approximate surface area is 200 Å². The molecule has 9 heteroatoms. The zero-order valence-corrected chi connectivity index (χ0v) is 19.1. The normalized spacial score (nSPS) is 13.7. The fourth-order valence-electron chi connectivity index (χ4n) is 4.07. The summed E-state index contributed by atoms with van der Waals surface area (Å²) in [5.41, 5.74) is 5.60. The summed E-state index contributed by atoms with van der Waals surface area (Å²) in [7, 11) is 0. The van der Waals surface area contributed by atoms with Crippen molar-refractivity contribution >= 4 is 40.8 Å². The maximum absolute atomic E-state index is 12.9. The number of rotatable bonds is 6. The van der Waals surface area contributed by atoms with Crippen molar-refractivity contribution in [2.24, 2.45) is 0 Å². The van der Waals surface area contributed by atoms with Gasteiger partial charge in [-0.05, 0) is 48.4 Å². The molecule has 4 aromatic rings. The Morgan fingerprint density at radius 1 is 1.21 bits per heavy atom. The van der Waals surface area contributed by atoms with Crippen molar-refractivity contribution in [3.63, 3.8) is 0 Å². The van der Waals surface area contributed by atoms with Gasteiger partial charge in [-0.2, -0.15) is 0 Å². The molecule has 8 nitrogen and oxygen atoms in total. The molecule has 2 aromatic heterocycles. The molecule has 170 valence electrons. The lowest BCUT2D eigenvalue weighted by Crippen LogP contribution is -2.27. The Balaban J connectivity index is 1.49. The van der Waals surface area contributed by atoms with Crippen molar-refractivity contribution in [2.45, 2.75) is 13.5 Å². The molecule has 34 heavy (non-hydrogen) atoms. The van der Waals surface area contributed by atoms with E-state index in [1.807, 2.05) is 49.4 Å². The minimum absolute atomic E-state index is 0.228. The fourth-order valence-corrected chi connectivity index (χ4v) is 4.26. The quantitative estimate of drug-likeness (QED) is 0.366. The summed E-state index contributed by atoms with van der Waals surface area (Å²) in [5, 5.41) is 14.1. The predicted molar refractivity (Wildman–Crippen MR) is 131 cm³/mol. The second-order valence-electron chi connectivity index (χ2n) is 7.95. The number of hydrogen-bond donors (Lipinski definition) is 3. The Kier molecular flexibility index (Phi) is 5.73. The van der Waals surface area contributed by atoms with Gasteiger partial charge in [0.1, 0.15) is 0 Å². The van der Waals surface area contributed by atoms with Crippen LogP contribution in [-0.4, -0.2) is 38.3 Å². The number of carbonyl (C=O) groups is 2. The molecule has 0 atom stereocenters. The molecule has 0 saturated heterocycles. The van der Waals surface area contributed by atoms with Crippen molar-refractivity contribution in [3.8, 4) is 11.1 Å². The Hall–Kier alpha value is -4.17. The van der Waals surface area contributed by atoms with Crippen molar-refractivity contribution in [3.05, 3.63) is 88.5 Å². The van der Waals surface area contributed by atoms with Crippen LogP contribution >= 0.6 is 11.6 Å². The molecule has 5 rings (SSSR count). The number of anilines is 1. The van der Waals surface area contributed by atoms with Crippen LogP contribution in [0.2, 0.25) is 5.02 Å². The molecule has 0 saturated carbocycles. The highest BCUT2D eigenvalue weighted by Crippen LogP contribution is 2.41. The Morgan fingerprint density at radius 3 is 2.85 bits per heavy atom. The zero-order valence-electron chi connectivity index (χ0n) is 18.3. The average molecular weight is 473 g/mol. The van der Waals surface area contributed by atoms with Crippen LogP contribution in [0, 0.1) is 6.92 Å². The molecular weight excluding hydrogens is 452 g/mol. The summed E-state index contributed by atoms with van der Waals surface area (Å²) in [6.07, 6.45) is 5.05. The van der Waals surface area contributed by atoms with Gasteiger partial charge in [0.25, 0.3) is 11.8 Å². The van der Waals surface area contributed by atoms with Crippen molar-refractivity contribution in [2.75, 3.05) is 11.9 Å². The number of amides is 2. The third kappa shape index (κ3) is 4.23. The highest BCUT2D eigenvalue weighted by molar-refractivity contribution is 6.36. The number of nitrogens with zero attached hydrogens (tertiary/aromatic N) is 3. The van der Waals surface area contributed by atoms with Gasteiger partial charge in [0.15, 0.2) is 0 Å². The molecule has 0 radical (unpaired) electrons. The highest BCUT2D eigenvalue weighted by atomic mass is 35.5. The summed E-state index contributed by atoms with van der Waals surface area (Å²) < 4.78 is 1.64. The van der Waals surface area contributed by atoms with E-state index in [1.165, 1.54) is 0 Å². The van der Waals surface area contributed by atoms with Crippen molar-refractivity contribution in [1.29, 1.82) is 0 Å². The van der Waals surface area contributed by atoms with Gasteiger partial charge >= 0.3 is 0 Å². The molecule has 0 spiro atoms. The molecule has 3 N–H and O–H groups in total. The number of nitrogens with one attached hydrogen (secondary N) is 3. The molecular formula is C25H21ClN6O2. The summed E-state index contributed by atoms with van der Waals surface area (Å²) in [6.45, 7) is 2.77. The van der Waals surface area contributed by atoms with E-state index in [4.69, 9.17) is 11.6 Å². The maximum atomic E-state index is 12.9. The summed E-state index contributed by atoms with van der Waals surface area (Å²) in [6, 6.07) is 15.0. The molecule has 0 bridgehead atoms. The first-order valence-electron chi connectivity index (χ1n) is 10.7. The standard InChI is InChI=1S/C25H21ClN6O2/c1-15-12-19(24(33)27-8-10-32-11-9-28-31-32)22(29-15)14-20-23-18(16-4-2-5-17(26)13-16)6-3-7-21(23)30-25(20)34/h2-7,9,11-14,29H,8,10H2,1H3,(H,27,33)(H,30,34). The monoisotopic (exact) mass is 472 g/mol. The van der Waals surface area contributed by atoms with E-state index in [1.54, 1.807) is 29.2 Å². The number of aromatic amines is 1. The fraction of sp³-hybridized carbons (Fsp3) is 0.120. The number of halogens is 1. The van der Waals surface area contributed by atoms with Crippen LogP contribution < -0.4 is 10.6 Å².